The van der Waals surface area contributed by atoms with E-state index >= 15 is 0 Å². The Morgan fingerprint density at radius 3 is 1.88 bits per heavy atom. The summed E-state index contributed by atoms with van der Waals surface area (Å²) >= 11 is 0. The summed E-state index contributed by atoms with van der Waals surface area (Å²) in [6.45, 7) is 8.58. The van der Waals surface area contributed by atoms with E-state index in [0.29, 0.717) is 6.08 Å². The minimum absolute atomic E-state index is 0.0757. The summed E-state index contributed by atoms with van der Waals surface area (Å²) < 4.78 is 48.8. The smallest absolute Gasteiger partial charge is 0.304 e. The number of rotatable bonds is 7. The van der Waals surface area contributed by atoms with Crippen LogP contribution in [0.5, 0.6) is 0 Å². The summed E-state index contributed by atoms with van der Waals surface area (Å²) in [6, 6.07) is 0. The molecule has 0 bridgehead atoms. The molecular weight excluding hydrogens is 265 g/mol. The Hall–Kier alpha value is -0.0331. The Bertz CT molecular complexity index is 303. The van der Waals surface area contributed by atoms with E-state index in [1.165, 1.54) is 19.5 Å². The lowest BCUT2D eigenvalue weighted by atomic mass is 10.7. The Balaban J connectivity index is 5.09. The molecule has 3 nitrogen and oxygen atoms in total. The van der Waals surface area contributed by atoms with Gasteiger partial charge in [-0.3, -0.25) is 4.57 Å². The van der Waals surface area contributed by atoms with Gasteiger partial charge in [-0.1, -0.05) is 25.3 Å². The molecule has 0 saturated heterocycles. The predicted octanol–water partition coefficient (Wildman–Crippen LogP) is 4.28. The molecule has 7 heteroatoms. The highest BCUT2D eigenvalue weighted by Crippen LogP contribution is 2.62. The molecule has 0 unspecified atom stereocenters. The SMILES string of the molecule is CCOP(=O)(OCC)C(F)(F)/C=C/[Si](C)(C)C. The highest BCUT2D eigenvalue weighted by atomic mass is 31.2. The Morgan fingerprint density at radius 2 is 1.59 bits per heavy atom. The molecule has 0 aromatic carbocycles. The third kappa shape index (κ3) is 5.42. The second-order valence-electron chi connectivity index (χ2n) is 4.62. The molecule has 17 heavy (non-hydrogen) atoms. The van der Waals surface area contributed by atoms with E-state index in [1.807, 2.05) is 19.6 Å². The molecule has 0 radical (unpaired) electrons. The van der Waals surface area contributed by atoms with Crippen molar-refractivity contribution in [3.8, 4) is 0 Å². The van der Waals surface area contributed by atoms with E-state index in [0.717, 1.165) is 0 Å². The van der Waals surface area contributed by atoms with Crippen LogP contribution in [0.3, 0.4) is 0 Å². The first-order valence-electron chi connectivity index (χ1n) is 5.55. The summed E-state index contributed by atoms with van der Waals surface area (Å²) in [5.74, 6) is 0. The van der Waals surface area contributed by atoms with Crippen molar-refractivity contribution in [2.75, 3.05) is 13.2 Å². The zero-order valence-corrected chi connectivity index (χ0v) is 12.9. The zero-order chi connectivity index (χ0) is 13.7. The summed E-state index contributed by atoms with van der Waals surface area (Å²) in [5.41, 5.74) is -2.13. The van der Waals surface area contributed by atoms with E-state index in [-0.39, 0.29) is 13.2 Å². The molecule has 0 amide bonds. The molecule has 0 aliphatic rings. The van der Waals surface area contributed by atoms with Crippen LogP contribution in [-0.2, 0) is 13.6 Å². The number of allylic oxidation sites excluding steroid dienone is 1. The van der Waals surface area contributed by atoms with Gasteiger partial charge in [0.25, 0.3) is 0 Å². The van der Waals surface area contributed by atoms with Gasteiger partial charge in [-0.15, -0.1) is 0 Å². The summed E-state index contributed by atoms with van der Waals surface area (Å²) in [5, 5.41) is 0. The molecule has 0 heterocycles. The fourth-order valence-electron chi connectivity index (χ4n) is 0.991. The van der Waals surface area contributed by atoms with Crippen LogP contribution >= 0.6 is 7.60 Å². The maximum atomic E-state index is 13.8. The second kappa shape index (κ2) is 6.23. The monoisotopic (exact) mass is 286 g/mol. The maximum Gasteiger partial charge on any atom is 0.403 e. The van der Waals surface area contributed by atoms with Gasteiger partial charge in [-0.05, 0) is 19.9 Å². The van der Waals surface area contributed by atoms with E-state index in [2.05, 4.69) is 9.05 Å². The van der Waals surface area contributed by atoms with Gasteiger partial charge in [0.1, 0.15) is 0 Å². The lowest BCUT2D eigenvalue weighted by molar-refractivity contribution is 0.0794. The van der Waals surface area contributed by atoms with Crippen LogP contribution in [-0.4, -0.2) is 27.0 Å². The van der Waals surface area contributed by atoms with E-state index in [4.69, 9.17) is 0 Å². The molecule has 0 saturated carbocycles. The fraction of sp³-hybridized carbons (Fsp3) is 0.800. The molecule has 0 rings (SSSR count). The van der Waals surface area contributed by atoms with Gasteiger partial charge in [0.2, 0.25) is 0 Å². The van der Waals surface area contributed by atoms with Crippen LogP contribution in [0.15, 0.2) is 11.8 Å². The van der Waals surface area contributed by atoms with Crippen molar-refractivity contribution in [3.05, 3.63) is 11.8 Å². The summed E-state index contributed by atoms with van der Waals surface area (Å²) in [6.07, 6.45) is 0.672. The maximum absolute atomic E-state index is 13.8. The van der Waals surface area contributed by atoms with Crippen LogP contribution in [0, 0.1) is 0 Å². The van der Waals surface area contributed by atoms with Gasteiger partial charge in [0, 0.05) is 0 Å². The summed E-state index contributed by atoms with van der Waals surface area (Å²) in [7, 11) is -6.19. The summed E-state index contributed by atoms with van der Waals surface area (Å²) in [4.78, 5) is 0. The highest BCUT2D eigenvalue weighted by Gasteiger charge is 2.51. The molecule has 102 valence electrons. The molecule has 0 spiro atoms. The van der Waals surface area contributed by atoms with Gasteiger partial charge < -0.3 is 9.05 Å². The normalized spacial score (nSPS) is 14.5. The third-order valence-corrected chi connectivity index (χ3v) is 4.99. The van der Waals surface area contributed by atoms with Crippen LogP contribution < -0.4 is 0 Å². The Kier molecular flexibility index (Phi) is 6.21. The zero-order valence-electron chi connectivity index (χ0n) is 11.0. The van der Waals surface area contributed by atoms with Crippen LogP contribution in [0.4, 0.5) is 8.78 Å². The fourth-order valence-corrected chi connectivity index (χ4v) is 3.20. The lowest BCUT2D eigenvalue weighted by Gasteiger charge is -2.24. The van der Waals surface area contributed by atoms with Crippen LogP contribution in [0.2, 0.25) is 19.6 Å². The number of hydrogen-bond donors (Lipinski definition) is 0. The molecule has 0 aliphatic carbocycles. The molecule has 0 aromatic rings. The first-order chi connectivity index (χ1) is 7.58. The predicted molar refractivity (Wildman–Crippen MR) is 68.3 cm³/mol. The average molecular weight is 286 g/mol. The quantitative estimate of drug-likeness (QED) is 0.517. The Labute approximate surface area is 103 Å². The molecular formula is C10H21F2O3PSi. The highest BCUT2D eigenvalue weighted by molar-refractivity contribution is 7.55. The molecule has 0 aromatic heterocycles. The lowest BCUT2D eigenvalue weighted by Crippen LogP contribution is -2.22. The van der Waals surface area contributed by atoms with Crippen molar-refractivity contribution in [2.24, 2.45) is 0 Å². The van der Waals surface area contributed by atoms with E-state index in [1.54, 1.807) is 0 Å². The van der Waals surface area contributed by atoms with Crippen LogP contribution in [0.25, 0.3) is 0 Å². The number of alkyl halides is 2. The van der Waals surface area contributed by atoms with Gasteiger partial charge in [0.15, 0.2) is 0 Å². The van der Waals surface area contributed by atoms with Crippen molar-refractivity contribution in [1.29, 1.82) is 0 Å². The average Bonchev–Trinajstić information content (AvgIpc) is 2.14. The van der Waals surface area contributed by atoms with Crippen molar-refractivity contribution >= 4 is 15.7 Å². The van der Waals surface area contributed by atoms with Gasteiger partial charge >= 0.3 is 13.3 Å². The number of halogens is 2. The minimum Gasteiger partial charge on any atom is -0.304 e. The van der Waals surface area contributed by atoms with E-state index in [9.17, 15) is 13.3 Å². The first kappa shape index (κ1) is 17.0. The van der Waals surface area contributed by atoms with Crippen LogP contribution in [0.1, 0.15) is 13.8 Å². The molecule has 0 fully saturated rings. The van der Waals surface area contributed by atoms with Gasteiger partial charge in [0.05, 0.1) is 21.3 Å². The Morgan fingerprint density at radius 1 is 1.18 bits per heavy atom. The standard InChI is InChI=1S/C10H21F2O3PSi/c1-6-14-16(13,15-7-2)10(11,12)8-9-17(3,4)5/h8-9H,6-7H2,1-5H3/b9-8+. The van der Waals surface area contributed by atoms with Crippen molar-refractivity contribution in [1.82, 2.24) is 0 Å². The largest absolute Gasteiger partial charge is 0.403 e. The number of hydrogen-bond acceptors (Lipinski definition) is 3. The first-order valence-corrected chi connectivity index (χ1v) is 10.7. The van der Waals surface area contributed by atoms with Crippen molar-refractivity contribution in [2.45, 2.75) is 39.2 Å². The van der Waals surface area contributed by atoms with Crippen molar-refractivity contribution in [3.63, 3.8) is 0 Å². The topological polar surface area (TPSA) is 35.5 Å². The van der Waals surface area contributed by atoms with E-state index < -0.39 is 21.3 Å². The van der Waals surface area contributed by atoms with Crippen molar-refractivity contribution < 1.29 is 22.4 Å². The molecule has 0 aliphatic heterocycles. The van der Waals surface area contributed by atoms with Gasteiger partial charge in [-0.25, -0.2) is 0 Å². The molecule has 0 N–H and O–H groups in total. The third-order valence-electron chi connectivity index (χ3n) is 1.75. The minimum atomic E-state index is -4.41. The van der Waals surface area contributed by atoms with Gasteiger partial charge in [-0.2, -0.15) is 8.78 Å². The second-order valence-corrected chi connectivity index (χ2v) is 11.8. The molecule has 0 atom stereocenters.